The predicted octanol–water partition coefficient (Wildman–Crippen LogP) is 5.56. The number of sulfonamides is 1. The SMILES string of the molecule is CCCCN(C(=O)NC1CCN(Cc2ccc(Oc3ccc(NS(C)(=O)=O)cc3)cc2)CC1)c1c(C)c(C)c[nH]c1=O.Cl. The fraction of sp³-hybridized carbons (Fsp3) is 0.419. The Morgan fingerprint density at radius 3 is 2.23 bits per heavy atom. The Morgan fingerprint density at radius 2 is 1.65 bits per heavy atom. The van der Waals surface area contributed by atoms with Gasteiger partial charge in [-0.2, -0.15) is 0 Å². The number of halogens is 1. The number of pyridine rings is 1. The first kappa shape index (κ1) is 34.0. The lowest BCUT2D eigenvalue weighted by Crippen LogP contribution is -2.50. The van der Waals surface area contributed by atoms with Crippen LogP contribution in [0.1, 0.15) is 49.3 Å². The van der Waals surface area contributed by atoms with Gasteiger partial charge >= 0.3 is 6.03 Å². The second-order valence-corrected chi connectivity index (χ2v) is 12.7. The number of hydrogen-bond acceptors (Lipinski definition) is 6. The number of unbranched alkanes of at least 4 members (excludes halogenated alkanes) is 1. The van der Waals surface area contributed by atoms with E-state index in [1.54, 1.807) is 35.4 Å². The normalized spacial score (nSPS) is 14.0. The van der Waals surface area contributed by atoms with Crippen molar-refractivity contribution in [2.45, 2.75) is 59.0 Å². The van der Waals surface area contributed by atoms with Crippen LogP contribution in [0.25, 0.3) is 0 Å². The number of aromatic nitrogens is 1. The first-order valence-corrected chi connectivity index (χ1v) is 16.3. The molecule has 10 nitrogen and oxygen atoms in total. The molecule has 4 rings (SSSR count). The Bertz CT molecular complexity index is 1520. The van der Waals surface area contributed by atoms with Gasteiger partial charge in [0.15, 0.2) is 0 Å². The Hall–Kier alpha value is -3.54. The minimum atomic E-state index is -3.32. The van der Waals surface area contributed by atoms with Crippen molar-refractivity contribution in [3.8, 4) is 11.5 Å². The highest BCUT2D eigenvalue weighted by molar-refractivity contribution is 7.92. The highest BCUT2D eigenvalue weighted by Gasteiger charge is 2.26. The van der Waals surface area contributed by atoms with Crippen molar-refractivity contribution in [3.05, 3.63) is 81.8 Å². The zero-order valence-electron chi connectivity index (χ0n) is 25.2. The van der Waals surface area contributed by atoms with Gasteiger partial charge < -0.3 is 15.0 Å². The monoisotopic (exact) mass is 631 g/mol. The largest absolute Gasteiger partial charge is 0.457 e. The zero-order chi connectivity index (χ0) is 30.3. The number of piperidine rings is 1. The summed E-state index contributed by atoms with van der Waals surface area (Å²) in [6.07, 6.45) is 6.21. The zero-order valence-corrected chi connectivity index (χ0v) is 26.8. The minimum Gasteiger partial charge on any atom is -0.457 e. The quantitative estimate of drug-likeness (QED) is 0.255. The average molecular weight is 632 g/mol. The van der Waals surface area contributed by atoms with Crippen LogP contribution in [-0.4, -0.2) is 56.3 Å². The number of urea groups is 1. The van der Waals surface area contributed by atoms with Crippen LogP contribution in [0, 0.1) is 13.8 Å². The molecule has 234 valence electrons. The molecule has 12 heteroatoms. The first-order valence-electron chi connectivity index (χ1n) is 14.4. The molecular weight excluding hydrogens is 590 g/mol. The van der Waals surface area contributed by atoms with Gasteiger partial charge in [0.25, 0.3) is 5.56 Å². The Balaban J connectivity index is 0.00000506. The molecule has 3 aromatic rings. The van der Waals surface area contributed by atoms with Crippen LogP contribution in [0.3, 0.4) is 0 Å². The van der Waals surface area contributed by atoms with Crippen LogP contribution in [0.4, 0.5) is 16.2 Å². The maximum absolute atomic E-state index is 13.3. The fourth-order valence-electron chi connectivity index (χ4n) is 5.01. The second-order valence-electron chi connectivity index (χ2n) is 10.9. The third-order valence-corrected chi connectivity index (χ3v) is 8.08. The molecule has 2 heterocycles. The van der Waals surface area contributed by atoms with Crippen molar-refractivity contribution in [1.82, 2.24) is 15.2 Å². The van der Waals surface area contributed by atoms with Gasteiger partial charge in [-0.3, -0.25) is 19.3 Å². The highest BCUT2D eigenvalue weighted by Crippen LogP contribution is 2.25. The van der Waals surface area contributed by atoms with Crippen LogP contribution < -0.4 is 25.2 Å². The summed E-state index contributed by atoms with van der Waals surface area (Å²) in [7, 11) is -3.32. The van der Waals surface area contributed by atoms with E-state index < -0.39 is 10.0 Å². The van der Waals surface area contributed by atoms with E-state index >= 15 is 0 Å². The summed E-state index contributed by atoms with van der Waals surface area (Å²) in [4.78, 5) is 32.8. The maximum atomic E-state index is 13.3. The van der Waals surface area contributed by atoms with E-state index in [9.17, 15) is 18.0 Å². The standard InChI is InChI=1S/C31H41N5O5S.ClH/c1-5-6-17-36(29-23(3)22(2)20-32-30(29)37)31(38)33-25-15-18-35(19-16-25)21-24-7-11-27(12-8-24)41-28-13-9-26(10-14-28)34-42(4,39)40;/h7-14,20,25,34H,5-6,15-19,21H2,1-4H3,(H,32,37)(H,33,38);1H. The van der Waals surface area contributed by atoms with Gasteiger partial charge in [-0.15, -0.1) is 12.4 Å². The number of ether oxygens (including phenoxy) is 1. The lowest BCUT2D eigenvalue weighted by molar-refractivity contribution is 0.188. The third-order valence-electron chi connectivity index (χ3n) is 7.47. The summed E-state index contributed by atoms with van der Waals surface area (Å²) in [5, 5.41) is 3.19. The number of anilines is 2. The van der Waals surface area contributed by atoms with Crippen LogP contribution in [0.15, 0.2) is 59.5 Å². The summed E-state index contributed by atoms with van der Waals surface area (Å²) in [5.41, 5.74) is 3.62. The Kier molecular flexibility index (Phi) is 12.1. The molecule has 0 spiro atoms. The van der Waals surface area contributed by atoms with Crippen molar-refractivity contribution < 1.29 is 17.9 Å². The lowest BCUT2D eigenvalue weighted by atomic mass is 10.0. The van der Waals surface area contributed by atoms with E-state index in [0.29, 0.717) is 29.4 Å². The minimum absolute atomic E-state index is 0. The third kappa shape index (κ3) is 9.74. The van der Waals surface area contributed by atoms with Crippen LogP contribution in [0.2, 0.25) is 0 Å². The molecule has 1 fully saturated rings. The summed E-state index contributed by atoms with van der Waals surface area (Å²) in [6.45, 7) is 8.91. The number of aromatic amines is 1. The van der Waals surface area contributed by atoms with Crippen molar-refractivity contribution in [2.24, 2.45) is 0 Å². The van der Waals surface area contributed by atoms with Crippen LogP contribution in [0.5, 0.6) is 11.5 Å². The molecule has 1 aliphatic heterocycles. The molecule has 1 aromatic heterocycles. The van der Waals surface area contributed by atoms with Crippen molar-refractivity contribution in [2.75, 3.05) is 35.5 Å². The van der Waals surface area contributed by atoms with Gasteiger partial charge in [0.2, 0.25) is 10.0 Å². The van der Waals surface area contributed by atoms with Gasteiger partial charge in [-0.1, -0.05) is 25.5 Å². The number of nitrogens with zero attached hydrogens (tertiary/aromatic N) is 2. The molecule has 0 atom stereocenters. The molecule has 0 unspecified atom stereocenters. The predicted molar refractivity (Wildman–Crippen MR) is 174 cm³/mol. The Morgan fingerprint density at radius 1 is 1.05 bits per heavy atom. The molecule has 0 bridgehead atoms. The maximum Gasteiger partial charge on any atom is 0.322 e. The number of nitrogens with one attached hydrogen (secondary N) is 3. The van der Waals surface area contributed by atoms with Crippen LogP contribution >= 0.6 is 12.4 Å². The molecule has 0 radical (unpaired) electrons. The molecule has 2 aromatic carbocycles. The Labute approximate surface area is 260 Å². The van der Waals surface area contributed by atoms with Crippen LogP contribution in [-0.2, 0) is 16.6 Å². The van der Waals surface area contributed by atoms with Gasteiger partial charge in [0.05, 0.1) is 6.26 Å². The number of carbonyl (C=O) groups excluding carboxylic acids is 1. The number of likely N-dealkylation sites (tertiary alicyclic amines) is 1. The van der Waals surface area contributed by atoms with Gasteiger partial charge in [0, 0.05) is 44.1 Å². The van der Waals surface area contributed by atoms with E-state index in [1.807, 2.05) is 38.1 Å². The van der Waals surface area contributed by atoms with Gasteiger partial charge in [0.1, 0.15) is 17.2 Å². The van der Waals surface area contributed by atoms with E-state index in [2.05, 4.69) is 26.8 Å². The molecule has 1 aliphatic rings. The number of carbonyl (C=O) groups is 1. The molecule has 3 N–H and O–H groups in total. The number of aryl methyl sites for hydroxylation is 1. The first-order chi connectivity index (χ1) is 20.0. The molecule has 1 saturated heterocycles. The summed E-state index contributed by atoms with van der Waals surface area (Å²) in [6, 6.07) is 14.5. The molecule has 2 amide bonds. The van der Waals surface area contributed by atoms with Crippen molar-refractivity contribution >= 4 is 39.8 Å². The number of hydrogen-bond donors (Lipinski definition) is 3. The average Bonchev–Trinajstić information content (AvgIpc) is 2.95. The molecule has 0 aliphatic carbocycles. The topological polar surface area (TPSA) is 124 Å². The van der Waals surface area contributed by atoms with Gasteiger partial charge in [-0.05, 0) is 86.2 Å². The van der Waals surface area contributed by atoms with E-state index in [1.165, 1.54) is 0 Å². The number of H-pyrrole nitrogens is 1. The summed E-state index contributed by atoms with van der Waals surface area (Å²) < 4.78 is 31.1. The van der Waals surface area contributed by atoms with Crippen molar-refractivity contribution in [3.63, 3.8) is 0 Å². The fourth-order valence-corrected chi connectivity index (χ4v) is 5.58. The molecule has 0 saturated carbocycles. The number of rotatable bonds is 11. The number of benzene rings is 2. The van der Waals surface area contributed by atoms with E-state index in [4.69, 9.17) is 4.74 Å². The molecular formula is C31H42ClN5O5S. The lowest BCUT2D eigenvalue weighted by Gasteiger charge is -2.34. The van der Waals surface area contributed by atoms with E-state index in [-0.39, 0.29) is 30.0 Å². The summed E-state index contributed by atoms with van der Waals surface area (Å²) in [5.74, 6) is 1.31. The smallest absolute Gasteiger partial charge is 0.322 e. The molecule has 43 heavy (non-hydrogen) atoms. The van der Waals surface area contributed by atoms with E-state index in [0.717, 1.165) is 68.3 Å². The number of amides is 2. The van der Waals surface area contributed by atoms with Crippen molar-refractivity contribution in [1.29, 1.82) is 0 Å². The highest BCUT2D eigenvalue weighted by atomic mass is 35.5. The van der Waals surface area contributed by atoms with Gasteiger partial charge in [-0.25, -0.2) is 13.2 Å². The second kappa shape index (κ2) is 15.3. The summed E-state index contributed by atoms with van der Waals surface area (Å²) >= 11 is 0.